The zero-order valence-corrected chi connectivity index (χ0v) is 11.8. The van der Waals surface area contributed by atoms with Crippen molar-refractivity contribution in [1.82, 2.24) is 10.2 Å². The Hall–Kier alpha value is -0.900. The third-order valence-electron chi connectivity index (χ3n) is 4.47. The molecule has 104 valence electrons. The Balaban J connectivity index is 1.74. The predicted octanol–water partition coefficient (Wildman–Crippen LogP) is 2.06. The Morgan fingerprint density at radius 2 is 2.21 bits per heavy atom. The molecular formula is C16H24N2O. The van der Waals surface area contributed by atoms with Gasteiger partial charge in [-0.2, -0.15) is 0 Å². The van der Waals surface area contributed by atoms with Gasteiger partial charge in [-0.05, 0) is 23.9 Å². The first-order chi connectivity index (χ1) is 9.27. The van der Waals surface area contributed by atoms with Crippen LogP contribution in [0.25, 0.3) is 0 Å². The van der Waals surface area contributed by atoms with Crippen LogP contribution in [0.15, 0.2) is 30.3 Å². The van der Waals surface area contributed by atoms with Gasteiger partial charge in [0.05, 0.1) is 19.3 Å². The zero-order valence-electron chi connectivity index (χ0n) is 11.8. The fourth-order valence-electron chi connectivity index (χ4n) is 3.30. The first kappa shape index (κ1) is 13.1. The zero-order chi connectivity index (χ0) is 13.1. The molecule has 2 atom stereocenters. The lowest BCUT2D eigenvalue weighted by atomic mass is 9.88. The second kappa shape index (κ2) is 5.61. The van der Waals surface area contributed by atoms with Crippen LogP contribution in [0.1, 0.15) is 24.9 Å². The molecule has 3 nitrogen and oxygen atoms in total. The summed E-state index contributed by atoms with van der Waals surface area (Å²) in [7, 11) is 0. The first-order valence-corrected chi connectivity index (χ1v) is 7.34. The Labute approximate surface area is 115 Å². The van der Waals surface area contributed by atoms with E-state index in [2.05, 4.69) is 47.5 Å². The smallest absolute Gasteiger partial charge is 0.0664 e. The quantitative estimate of drug-likeness (QED) is 0.900. The number of nitrogens with one attached hydrogen (secondary N) is 1. The van der Waals surface area contributed by atoms with Crippen LogP contribution in [0.2, 0.25) is 0 Å². The van der Waals surface area contributed by atoms with Crippen LogP contribution >= 0.6 is 0 Å². The van der Waals surface area contributed by atoms with Crippen LogP contribution in [0, 0.1) is 5.41 Å². The molecule has 0 aromatic heterocycles. The van der Waals surface area contributed by atoms with Gasteiger partial charge in [0.15, 0.2) is 0 Å². The van der Waals surface area contributed by atoms with Gasteiger partial charge in [0.25, 0.3) is 0 Å². The third-order valence-corrected chi connectivity index (χ3v) is 4.47. The molecule has 0 radical (unpaired) electrons. The van der Waals surface area contributed by atoms with Gasteiger partial charge in [-0.25, -0.2) is 0 Å². The fourth-order valence-corrected chi connectivity index (χ4v) is 3.30. The van der Waals surface area contributed by atoms with Crippen molar-refractivity contribution in [2.45, 2.75) is 19.4 Å². The Kier molecular flexibility index (Phi) is 3.87. The van der Waals surface area contributed by atoms with Crippen LogP contribution in [-0.2, 0) is 4.74 Å². The minimum atomic E-state index is 0.421. The summed E-state index contributed by atoms with van der Waals surface area (Å²) >= 11 is 0. The Morgan fingerprint density at radius 3 is 2.95 bits per heavy atom. The number of hydrogen-bond donors (Lipinski definition) is 1. The van der Waals surface area contributed by atoms with E-state index in [0.29, 0.717) is 11.5 Å². The average molecular weight is 260 g/mol. The Bertz CT molecular complexity index is 400. The van der Waals surface area contributed by atoms with Gasteiger partial charge < -0.3 is 10.1 Å². The largest absolute Gasteiger partial charge is 0.378 e. The van der Waals surface area contributed by atoms with E-state index in [-0.39, 0.29) is 0 Å². The van der Waals surface area contributed by atoms with Gasteiger partial charge in [-0.3, -0.25) is 4.90 Å². The molecule has 0 saturated carbocycles. The van der Waals surface area contributed by atoms with E-state index < -0.39 is 0 Å². The molecule has 2 fully saturated rings. The predicted molar refractivity (Wildman–Crippen MR) is 77.2 cm³/mol. The van der Waals surface area contributed by atoms with Crippen LogP contribution in [-0.4, -0.2) is 44.3 Å². The average Bonchev–Trinajstić information content (AvgIpc) is 2.87. The molecule has 2 saturated heterocycles. The lowest BCUT2D eigenvalue weighted by Gasteiger charge is -2.40. The fraction of sp³-hybridized carbons (Fsp3) is 0.625. The standard InChI is InChI=1S/C16H24N2O/c1-16(7-8-17-12-16)13-18-9-10-19-11-15(18)14-5-3-2-4-6-14/h2-6,15,17H,7-13H2,1H3. The lowest BCUT2D eigenvalue weighted by molar-refractivity contribution is -0.0238. The number of morpholine rings is 1. The highest BCUT2D eigenvalue weighted by atomic mass is 16.5. The molecule has 0 spiro atoms. The van der Waals surface area contributed by atoms with Crippen LogP contribution < -0.4 is 5.32 Å². The summed E-state index contributed by atoms with van der Waals surface area (Å²) in [4.78, 5) is 2.62. The highest BCUT2D eigenvalue weighted by Gasteiger charge is 2.34. The highest BCUT2D eigenvalue weighted by Crippen LogP contribution is 2.31. The van der Waals surface area contributed by atoms with Crippen molar-refractivity contribution >= 4 is 0 Å². The third kappa shape index (κ3) is 2.99. The molecule has 0 bridgehead atoms. The minimum absolute atomic E-state index is 0.421. The summed E-state index contributed by atoms with van der Waals surface area (Å²) < 4.78 is 5.71. The molecule has 3 rings (SSSR count). The summed E-state index contributed by atoms with van der Waals surface area (Å²) in [5.74, 6) is 0. The molecule has 2 unspecified atom stereocenters. The summed E-state index contributed by atoms with van der Waals surface area (Å²) in [5.41, 5.74) is 1.81. The molecule has 0 aliphatic carbocycles. The molecule has 1 N–H and O–H groups in total. The molecule has 3 heteroatoms. The SMILES string of the molecule is CC1(CN2CCOCC2c2ccccc2)CCNC1. The van der Waals surface area contributed by atoms with E-state index in [4.69, 9.17) is 4.74 Å². The van der Waals surface area contributed by atoms with Gasteiger partial charge in [0.1, 0.15) is 0 Å². The first-order valence-electron chi connectivity index (χ1n) is 7.34. The molecule has 0 amide bonds. The number of nitrogens with zero attached hydrogens (tertiary/aromatic N) is 1. The monoisotopic (exact) mass is 260 g/mol. The van der Waals surface area contributed by atoms with Crippen molar-refractivity contribution in [3.05, 3.63) is 35.9 Å². The van der Waals surface area contributed by atoms with E-state index in [1.54, 1.807) is 0 Å². The summed E-state index contributed by atoms with van der Waals surface area (Å²) in [6.07, 6.45) is 1.28. The Morgan fingerprint density at radius 1 is 1.37 bits per heavy atom. The van der Waals surface area contributed by atoms with E-state index in [1.807, 2.05) is 0 Å². The van der Waals surface area contributed by atoms with Gasteiger partial charge in [-0.15, -0.1) is 0 Å². The molecule has 1 aromatic rings. The topological polar surface area (TPSA) is 24.5 Å². The second-order valence-electron chi connectivity index (χ2n) is 6.21. The molecule has 1 aromatic carbocycles. The van der Waals surface area contributed by atoms with Crippen molar-refractivity contribution in [1.29, 1.82) is 0 Å². The van der Waals surface area contributed by atoms with Crippen molar-refractivity contribution < 1.29 is 4.74 Å². The normalized spacial score (nSPS) is 32.6. The van der Waals surface area contributed by atoms with Gasteiger partial charge in [-0.1, -0.05) is 37.3 Å². The lowest BCUT2D eigenvalue weighted by Crippen LogP contribution is -2.45. The van der Waals surface area contributed by atoms with E-state index in [0.717, 1.165) is 32.8 Å². The van der Waals surface area contributed by atoms with Crippen LogP contribution in [0.3, 0.4) is 0 Å². The number of rotatable bonds is 3. The molecule has 2 heterocycles. The van der Waals surface area contributed by atoms with Gasteiger partial charge >= 0.3 is 0 Å². The molecule has 19 heavy (non-hydrogen) atoms. The maximum absolute atomic E-state index is 5.71. The second-order valence-corrected chi connectivity index (χ2v) is 6.21. The van der Waals surface area contributed by atoms with Gasteiger partial charge in [0.2, 0.25) is 0 Å². The summed E-state index contributed by atoms with van der Waals surface area (Å²) in [6, 6.07) is 11.2. The number of ether oxygens (including phenoxy) is 1. The maximum atomic E-state index is 5.71. The van der Waals surface area contributed by atoms with Crippen molar-refractivity contribution in [3.63, 3.8) is 0 Å². The molecule has 2 aliphatic rings. The maximum Gasteiger partial charge on any atom is 0.0664 e. The van der Waals surface area contributed by atoms with Crippen molar-refractivity contribution in [3.8, 4) is 0 Å². The van der Waals surface area contributed by atoms with Crippen molar-refractivity contribution in [2.75, 3.05) is 39.4 Å². The summed E-state index contributed by atoms with van der Waals surface area (Å²) in [5, 5.41) is 3.50. The van der Waals surface area contributed by atoms with E-state index in [9.17, 15) is 0 Å². The van der Waals surface area contributed by atoms with Crippen LogP contribution in [0.4, 0.5) is 0 Å². The minimum Gasteiger partial charge on any atom is -0.378 e. The molecule has 2 aliphatic heterocycles. The number of benzene rings is 1. The van der Waals surface area contributed by atoms with E-state index in [1.165, 1.54) is 18.5 Å². The van der Waals surface area contributed by atoms with Gasteiger partial charge in [0, 0.05) is 19.6 Å². The number of hydrogen-bond acceptors (Lipinski definition) is 3. The molecular weight excluding hydrogens is 236 g/mol. The van der Waals surface area contributed by atoms with Crippen LogP contribution in [0.5, 0.6) is 0 Å². The summed E-state index contributed by atoms with van der Waals surface area (Å²) in [6.45, 7) is 8.63. The van der Waals surface area contributed by atoms with Crippen molar-refractivity contribution in [2.24, 2.45) is 5.41 Å². The van der Waals surface area contributed by atoms with E-state index >= 15 is 0 Å². The highest BCUT2D eigenvalue weighted by molar-refractivity contribution is 5.19.